The summed E-state index contributed by atoms with van der Waals surface area (Å²) in [5, 5.41) is 3.01. The van der Waals surface area contributed by atoms with Gasteiger partial charge in [-0.3, -0.25) is 4.79 Å². The van der Waals surface area contributed by atoms with Crippen LogP contribution in [0.15, 0.2) is 62.8 Å². The molecular weight excluding hydrogens is 705 g/mol. The second kappa shape index (κ2) is 13.5. The summed E-state index contributed by atoms with van der Waals surface area (Å²) in [6.45, 7) is 11.0. The first-order valence-corrected chi connectivity index (χ1v) is 19.2. The van der Waals surface area contributed by atoms with Crippen molar-refractivity contribution in [3.05, 3.63) is 63.9 Å². The van der Waals surface area contributed by atoms with Gasteiger partial charge < -0.3 is 5.32 Å². The molecule has 2 amide bonds. The summed E-state index contributed by atoms with van der Waals surface area (Å²) in [6, 6.07) is 15.3. The third-order valence-electron chi connectivity index (χ3n) is 6.28. The van der Waals surface area contributed by atoms with E-state index in [0.717, 1.165) is 32.4 Å². The van der Waals surface area contributed by atoms with Crippen molar-refractivity contribution in [3.63, 3.8) is 0 Å². The zero-order valence-electron chi connectivity index (χ0n) is 26.3. The Labute approximate surface area is 275 Å². The molecule has 2 aliphatic rings. The summed E-state index contributed by atoms with van der Waals surface area (Å²) in [6.07, 6.45) is 4.90. The first kappa shape index (κ1) is 32.9. The predicted octanol–water partition coefficient (Wildman–Crippen LogP) is 6.95. The van der Waals surface area contributed by atoms with Gasteiger partial charge in [-0.25, -0.2) is 0 Å². The molecule has 0 radical (unpaired) electrons. The summed E-state index contributed by atoms with van der Waals surface area (Å²) in [5.41, 5.74) is 0.874. The van der Waals surface area contributed by atoms with Crippen molar-refractivity contribution >= 4 is 67.5 Å². The fraction of sp³-hybridized carbons (Fsp3) is 0.394. The molecule has 0 saturated heterocycles. The average molecular weight is 744 g/mol. The van der Waals surface area contributed by atoms with E-state index in [0.29, 0.717) is 29.1 Å². The maximum absolute atomic E-state index is 13.7. The molecule has 0 unspecified atom stereocenters. The van der Waals surface area contributed by atoms with E-state index < -0.39 is 37.4 Å². The molecular formula is C33H38IN5O5S. The molecule has 2 aromatic carbocycles. The number of ether oxygens (including phenoxy) is 2. The van der Waals surface area contributed by atoms with Crippen LogP contribution in [-0.2, 0) is 19.1 Å². The van der Waals surface area contributed by atoms with Crippen LogP contribution in [-0.4, -0.2) is 61.6 Å². The third-order valence-corrected chi connectivity index (χ3v) is 11.9. The van der Waals surface area contributed by atoms with Gasteiger partial charge in [0, 0.05) is 6.04 Å². The molecule has 5 rings (SSSR count). The number of benzene rings is 2. The minimum atomic E-state index is -2.18. The van der Waals surface area contributed by atoms with E-state index in [-0.39, 0.29) is 16.3 Å². The van der Waals surface area contributed by atoms with Crippen LogP contribution >= 0.6 is 31.9 Å². The van der Waals surface area contributed by atoms with Crippen molar-refractivity contribution in [2.75, 3.05) is 15.1 Å². The van der Waals surface area contributed by atoms with Crippen molar-refractivity contribution in [3.8, 4) is 11.4 Å². The van der Waals surface area contributed by atoms with E-state index in [9.17, 15) is 14.4 Å². The van der Waals surface area contributed by atoms with Crippen LogP contribution in [0.4, 0.5) is 16.3 Å². The molecule has 1 N–H and O–H groups in total. The molecule has 1 saturated carbocycles. The first-order chi connectivity index (χ1) is 21.2. The number of nitrogens with zero attached hydrogens (tertiary/aromatic N) is 4. The van der Waals surface area contributed by atoms with Gasteiger partial charge >= 0.3 is 236 Å². The minimum absolute atomic E-state index is 0.0257. The van der Waals surface area contributed by atoms with Crippen molar-refractivity contribution in [2.45, 2.75) is 76.5 Å². The number of hydrogen-bond acceptors (Lipinski definition) is 9. The number of esters is 1. The van der Waals surface area contributed by atoms with Crippen LogP contribution in [0.1, 0.15) is 59.9 Å². The molecule has 1 aliphatic heterocycles. The van der Waals surface area contributed by atoms with E-state index >= 15 is 0 Å². The quantitative estimate of drug-likeness (QED) is 0.108. The van der Waals surface area contributed by atoms with Gasteiger partial charge in [-0.15, -0.1) is 0 Å². The van der Waals surface area contributed by atoms with Crippen molar-refractivity contribution in [1.82, 2.24) is 15.3 Å². The van der Waals surface area contributed by atoms with Crippen molar-refractivity contribution in [1.29, 1.82) is 0 Å². The molecule has 1 fully saturated rings. The standard InChI is InChI=1S/C33H38IN5O5S/c1-32(2,3)43-29(41)18-34-26-13-12-24(16-22(26)19-36-34)39(31(42)44-33(4,5)6)27-14-15-35-30(38-27)21-8-7-9-25(17-21)45-20-28(40)37-23-10-11-23/h7-9,12-17,19,23H,10-11,18,20H2,1-6H3,(H,37,40). The average Bonchev–Trinajstić information content (AvgIpc) is 3.68. The fourth-order valence-electron chi connectivity index (χ4n) is 4.33. The SMILES string of the molecule is CC(C)(C)OC(=O)CI1N=Cc2cc(N(C(=O)OC(C)(C)C)c3ccnc(-c4cccc(SCC(=O)NC5CC5)c4)n3)ccc21. The molecule has 1 aliphatic carbocycles. The molecule has 0 bridgehead atoms. The Morgan fingerprint density at radius 1 is 1.00 bits per heavy atom. The van der Waals surface area contributed by atoms with Gasteiger partial charge in [-0.1, -0.05) is 0 Å². The number of anilines is 2. The van der Waals surface area contributed by atoms with Gasteiger partial charge in [-0.2, -0.15) is 0 Å². The summed E-state index contributed by atoms with van der Waals surface area (Å²) < 4.78 is 17.3. The number of fused-ring (bicyclic) bond motifs is 1. The monoisotopic (exact) mass is 743 g/mol. The number of halogens is 1. The number of hydrogen-bond donors (Lipinski definition) is 1. The number of rotatable bonds is 9. The molecule has 2 heterocycles. The summed E-state index contributed by atoms with van der Waals surface area (Å²) in [5.74, 6) is 0.874. The second-order valence-electron chi connectivity index (χ2n) is 12.7. The van der Waals surface area contributed by atoms with Crippen LogP contribution in [0.2, 0.25) is 0 Å². The predicted molar refractivity (Wildman–Crippen MR) is 185 cm³/mol. The van der Waals surface area contributed by atoms with Gasteiger partial charge in [-0.05, 0) is 12.8 Å². The maximum atomic E-state index is 13.7. The molecule has 0 spiro atoms. The third kappa shape index (κ3) is 9.25. The van der Waals surface area contributed by atoms with E-state index in [1.54, 1.807) is 18.5 Å². The van der Waals surface area contributed by atoms with Crippen molar-refractivity contribution < 1.29 is 23.9 Å². The first-order valence-electron chi connectivity index (χ1n) is 14.7. The number of amides is 2. The Bertz CT molecular complexity index is 1630. The Morgan fingerprint density at radius 3 is 2.47 bits per heavy atom. The number of thioether (sulfide) groups is 1. The number of aromatic nitrogens is 2. The summed E-state index contributed by atoms with van der Waals surface area (Å²) in [7, 11) is 0. The van der Waals surface area contributed by atoms with Gasteiger partial charge in [0.05, 0.1) is 5.75 Å². The molecule has 45 heavy (non-hydrogen) atoms. The van der Waals surface area contributed by atoms with Gasteiger partial charge in [0.1, 0.15) is 0 Å². The second-order valence-corrected chi connectivity index (χ2v) is 18.2. The summed E-state index contributed by atoms with van der Waals surface area (Å²) >= 11 is -0.727. The molecule has 1 aromatic heterocycles. The van der Waals surface area contributed by atoms with E-state index in [1.165, 1.54) is 16.7 Å². The Balaban J connectivity index is 1.40. The number of carbonyl (C=O) groups is 3. The normalized spacial score (nSPS) is 14.9. The van der Waals surface area contributed by atoms with E-state index in [4.69, 9.17) is 17.7 Å². The Hall–Kier alpha value is -3.52. The van der Waals surface area contributed by atoms with Crippen LogP contribution < -0.4 is 10.2 Å². The van der Waals surface area contributed by atoms with Gasteiger partial charge in [0.25, 0.3) is 0 Å². The Morgan fingerprint density at radius 2 is 1.76 bits per heavy atom. The van der Waals surface area contributed by atoms with E-state index in [2.05, 4.69) is 10.3 Å². The number of alkyl halides is 1. The topological polar surface area (TPSA) is 123 Å². The molecule has 0 atom stereocenters. The number of nitrogens with one attached hydrogen (secondary N) is 1. The zero-order valence-corrected chi connectivity index (χ0v) is 29.3. The fourth-order valence-corrected chi connectivity index (χ4v) is 9.00. The van der Waals surface area contributed by atoms with Gasteiger partial charge in [0.15, 0.2) is 0 Å². The van der Waals surface area contributed by atoms with Crippen LogP contribution in [0.5, 0.6) is 0 Å². The van der Waals surface area contributed by atoms with Crippen molar-refractivity contribution in [2.24, 2.45) is 3.21 Å². The molecule has 10 nitrogen and oxygen atoms in total. The zero-order chi connectivity index (χ0) is 32.4. The number of carbonyl (C=O) groups excluding carboxylic acids is 3. The van der Waals surface area contributed by atoms with Gasteiger partial charge in [0.2, 0.25) is 5.91 Å². The molecule has 12 heteroatoms. The van der Waals surface area contributed by atoms with Crippen LogP contribution in [0, 0.1) is 3.57 Å². The van der Waals surface area contributed by atoms with Crippen LogP contribution in [0.3, 0.4) is 0 Å². The molecule has 3 aromatic rings. The summed E-state index contributed by atoms with van der Waals surface area (Å²) in [4.78, 5) is 50.0. The van der Waals surface area contributed by atoms with Crippen LogP contribution in [0.25, 0.3) is 11.4 Å². The molecule has 238 valence electrons. The van der Waals surface area contributed by atoms with E-state index in [1.807, 2.05) is 84.0 Å². The Kier molecular flexibility index (Phi) is 9.83.